The number of amides is 1. The number of carbonyl (C=O) groups excluding carboxylic acids is 1. The maximum Gasteiger partial charge on any atom is 0.410 e. The molecule has 0 saturated carbocycles. The van der Waals surface area contributed by atoms with Gasteiger partial charge in [-0.1, -0.05) is 30.3 Å². The van der Waals surface area contributed by atoms with Crippen LogP contribution in [0.2, 0.25) is 0 Å². The predicted molar refractivity (Wildman–Crippen MR) is 69.9 cm³/mol. The lowest BCUT2D eigenvalue weighted by Gasteiger charge is -2.36. The van der Waals surface area contributed by atoms with Gasteiger partial charge in [-0.2, -0.15) is 0 Å². The number of β-amino-alcohol motifs (C(OH)–C–C–N with tert-alkyl or cyclic N) is 1. The van der Waals surface area contributed by atoms with E-state index in [1.807, 2.05) is 30.3 Å². The van der Waals surface area contributed by atoms with E-state index in [0.29, 0.717) is 0 Å². The first kappa shape index (κ1) is 14.7. The van der Waals surface area contributed by atoms with E-state index in [2.05, 4.69) is 0 Å². The number of likely N-dealkylation sites (tertiary alicyclic amines) is 1. The molecule has 1 N–H and O–H groups in total. The van der Waals surface area contributed by atoms with Gasteiger partial charge in [0.25, 0.3) is 0 Å². The molecule has 110 valence electrons. The SMILES string of the molecule is CO[C@@H]1[C@H](F)CN(C(=O)OCc2ccccc2)C[C@@H]1O. The Kier molecular flexibility index (Phi) is 4.92. The van der Waals surface area contributed by atoms with E-state index in [4.69, 9.17) is 9.47 Å². The van der Waals surface area contributed by atoms with Gasteiger partial charge in [0, 0.05) is 7.11 Å². The second kappa shape index (κ2) is 6.67. The van der Waals surface area contributed by atoms with E-state index in [-0.39, 0.29) is 19.7 Å². The molecule has 1 heterocycles. The van der Waals surface area contributed by atoms with Gasteiger partial charge in [-0.25, -0.2) is 9.18 Å². The van der Waals surface area contributed by atoms with Gasteiger partial charge in [0.05, 0.1) is 13.1 Å². The standard InChI is InChI=1S/C14H18FNO4/c1-19-13-11(15)7-16(8-12(13)17)14(18)20-9-10-5-3-2-4-6-10/h2-6,11-13,17H,7-9H2,1H3/t11-,12+,13-/m1/s1. The number of alkyl halides is 1. The van der Waals surface area contributed by atoms with Gasteiger partial charge < -0.3 is 19.5 Å². The summed E-state index contributed by atoms with van der Waals surface area (Å²) in [4.78, 5) is 13.0. The monoisotopic (exact) mass is 283 g/mol. The summed E-state index contributed by atoms with van der Waals surface area (Å²) in [5, 5.41) is 9.73. The molecule has 6 heteroatoms. The maximum atomic E-state index is 13.7. The molecule has 0 unspecified atom stereocenters. The van der Waals surface area contributed by atoms with Crippen LogP contribution >= 0.6 is 0 Å². The molecular weight excluding hydrogens is 265 g/mol. The van der Waals surface area contributed by atoms with Gasteiger partial charge in [0.2, 0.25) is 0 Å². The Hall–Kier alpha value is -1.66. The number of nitrogens with zero attached hydrogens (tertiary/aromatic N) is 1. The van der Waals surface area contributed by atoms with Crippen LogP contribution in [0.5, 0.6) is 0 Å². The highest BCUT2D eigenvalue weighted by Gasteiger charge is 2.38. The molecule has 5 nitrogen and oxygen atoms in total. The van der Waals surface area contributed by atoms with Crippen molar-refractivity contribution in [2.45, 2.75) is 25.0 Å². The summed E-state index contributed by atoms with van der Waals surface area (Å²) >= 11 is 0. The molecule has 20 heavy (non-hydrogen) atoms. The Balaban J connectivity index is 1.87. The second-order valence-corrected chi connectivity index (χ2v) is 4.73. The summed E-state index contributed by atoms with van der Waals surface area (Å²) in [7, 11) is 1.34. The number of rotatable bonds is 3. The molecule has 0 bridgehead atoms. The molecule has 1 aromatic carbocycles. The van der Waals surface area contributed by atoms with Gasteiger partial charge >= 0.3 is 6.09 Å². The number of ether oxygens (including phenoxy) is 2. The molecular formula is C14H18FNO4. The van der Waals surface area contributed by atoms with Crippen molar-refractivity contribution in [2.24, 2.45) is 0 Å². The van der Waals surface area contributed by atoms with Crippen molar-refractivity contribution < 1.29 is 23.8 Å². The summed E-state index contributed by atoms with van der Waals surface area (Å²) in [6, 6.07) is 9.21. The van der Waals surface area contributed by atoms with Crippen LogP contribution in [0.25, 0.3) is 0 Å². The van der Waals surface area contributed by atoms with Crippen molar-refractivity contribution in [3.05, 3.63) is 35.9 Å². The molecule has 3 atom stereocenters. The Morgan fingerprint density at radius 1 is 1.40 bits per heavy atom. The summed E-state index contributed by atoms with van der Waals surface area (Å²) in [5.74, 6) is 0. The average Bonchev–Trinajstić information content (AvgIpc) is 2.45. The van der Waals surface area contributed by atoms with E-state index in [1.165, 1.54) is 7.11 Å². The molecule has 1 amide bonds. The summed E-state index contributed by atoms with van der Waals surface area (Å²) in [5.41, 5.74) is 0.852. The molecule has 1 fully saturated rings. The molecule has 0 aliphatic carbocycles. The molecule has 0 radical (unpaired) electrons. The number of hydrogen-bond donors (Lipinski definition) is 1. The number of aliphatic hydroxyl groups is 1. The minimum atomic E-state index is -1.42. The highest BCUT2D eigenvalue weighted by atomic mass is 19.1. The van der Waals surface area contributed by atoms with E-state index in [1.54, 1.807) is 0 Å². The molecule has 2 rings (SSSR count). The minimum Gasteiger partial charge on any atom is -0.445 e. The van der Waals surface area contributed by atoms with Gasteiger partial charge in [-0.15, -0.1) is 0 Å². The third kappa shape index (κ3) is 3.46. The van der Waals surface area contributed by atoms with Crippen LogP contribution in [0.1, 0.15) is 5.56 Å². The second-order valence-electron chi connectivity index (χ2n) is 4.73. The fourth-order valence-corrected chi connectivity index (χ4v) is 2.22. The predicted octanol–water partition coefficient (Wildman–Crippen LogP) is 1.35. The first-order chi connectivity index (χ1) is 9.61. The van der Waals surface area contributed by atoms with Crippen LogP contribution in [0.15, 0.2) is 30.3 Å². The fraction of sp³-hybridized carbons (Fsp3) is 0.500. The molecule has 1 aromatic rings. The normalized spacial score (nSPS) is 26.4. The molecule has 1 saturated heterocycles. The number of carbonyl (C=O) groups is 1. The lowest BCUT2D eigenvalue weighted by molar-refractivity contribution is -0.0973. The van der Waals surface area contributed by atoms with Gasteiger partial charge in [-0.3, -0.25) is 0 Å². The molecule has 1 aliphatic rings. The van der Waals surface area contributed by atoms with E-state index < -0.39 is 24.5 Å². The van der Waals surface area contributed by atoms with Crippen molar-refractivity contribution in [3.8, 4) is 0 Å². The molecule has 1 aliphatic heterocycles. The third-order valence-corrected chi connectivity index (χ3v) is 3.27. The number of aliphatic hydroxyl groups excluding tert-OH is 1. The van der Waals surface area contributed by atoms with Crippen LogP contribution < -0.4 is 0 Å². The van der Waals surface area contributed by atoms with Crippen molar-refractivity contribution in [1.82, 2.24) is 4.90 Å². The minimum absolute atomic E-state index is 0.00650. The Morgan fingerprint density at radius 2 is 2.10 bits per heavy atom. The lowest BCUT2D eigenvalue weighted by Crippen LogP contribution is -2.56. The van der Waals surface area contributed by atoms with Gasteiger partial charge in [0.1, 0.15) is 25.0 Å². The maximum absolute atomic E-state index is 13.7. The summed E-state index contributed by atoms with van der Waals surface area (Å²) in [6.07, 6.45) is -4.00. The van der Waals surface area contributed by atoms with E-state index in [0.717, 1.165) is 10.5 Å². The van der Waals surface area contributed by atoms with Gasteiger partial charge in [0.15, 0.2) is 0 Å². The summed E-state index contributed by atoms with van der Waals surface area (Å²) in [6.45, 7) is -0.00728. The number of piperidine rings is 1. The Bertz CT molecular complexity index is 430. The zero-order valence-electron chi connectivity index (χ0n) is 11.2. The highest BCUT2D eigenvalue weighted by molar-refractivity contribution is 5.68. The Labute approximate surface area is 116 Å². The van der Waals surface area contributed by atoms with Gasteiger partial charge in [-0.05, 0) is 5.56 Å². The largest absolute Gasteiger partial charge is 0.445 e. The van der Waals surface area contributed by atoms with Crippen LogP contribution in [0.4, 0.5) is 9.18 Å². The number of halogens is 1. The zero-order chi connectivity index (χ0) is 14.5. The van der Waals surface area contributed by atoms with Crippen LogP contribution in [0, 0.1) is 0 Å². The summed E-state index contributed by atoms with van der Waals surface area (Å²) < 4.78 is 23.7. The van der Waals surface area contributed by atoms with E-state index >= 15 is 0 Å². The fourth-order valence-electron chi connectivity index (χ4n) is 2.22. The first-order valence-corrected chi connectivity index (χ1v) is 6.42. The smallest absolute Gasteiger partial charge is 0.410 e. The van der Waals surface area contributed by atoms with Crippen LogP contribution in [0.3, 0.4) is 0 Å². The third-order valence-electron chi connectivity index (χ3n) is 3.27. The molecule has 0 aromatic heterocycles. The molecule has 0 spiro atoms. The number of methoxy groups -OCH3 is 1. The van der Waals surface area contributed by atoms with E-state index in [9.17, 15) is 14.3 Å². The number of benzene rings is 1. The topological polar surface area (TPSA) is 59.0 Å². The zero-order valence-corrected chi connectivity index (χ0v) is 11.2. The van der Waals surface area contributed by atoms with Crippen molar-refractivity contribution >= 4 is 6.09 Å². The highest BCUT2D eigenvalue weighted by Crippen LogP contribution is 2.18. The van der Waals surface area contributed by atoms with Crippen LogP contribution in [-0.2, 0) is 16.1 Å². The number of hydrogen-bond acceptors (Lipinski definition) is 4. The first-order valence-electron chi connectivity index (χ1n) is 6.42. The Morgan fingerprint density at radius 3 is 2.70 bits per heavy atom. The lowest BCUT2D eigenvalue weighted by atomic mass is 10.0. The van der Waals surface area contributed by atoms with Crippen molar-refractivity contribution in [1.29, 1.82) is 0 Å². The van der Waals surface area contributed by atoms with Crippen molar-refractivity contribution in [3.63, 3.8) is 0 Å². The van der Waals surface area contributed by atoms with Crippen LogP contribution in [-0.4, -0.2) is 54.7 Å². The quantitative estimate of drug-likeness (QED) is 0.910. The van der Waals surface area contributed by atoms with Crippen molar-refractivity contribution in [2.75, 3.05) is 20.2 Å². The average molecular weight is 283 g/mol.